The van der Waals surface area contributed by atoms with Gasteiger partial charge in [0.1, 0.15) is 5.75 Å². The summed E-state index contributed by atoms with van der Waals surface area (Å²) in [6, 6.07) is 23.4. The number of ether oxygens (including phenoxy) is 2. The van der Waals surface area contributed by atoms with Crippen LogP contribution in [0.25, 0.3) is 5.69 Å². The first-order valence-electron chi connectivity index (χ1n) is 12.9. The van der Waals surface area contributed by atoms with Gasteiger partial charge < -0.3 is 24.3 Å². The molecular weight excluding hydrogens is 508 g/mol. The summed E-state index contributed by atoms with van der Waals surface area (Å²) in [5.74, 6) is 0.464. The van der Waals surface area contributed by atoms with Crippen LogP contribution in [0.1, 0.15) is 58.9 Å². The maximum atomic E-state index is 12.0. The fourth-order valence-electron chi connectivity index (χ4n) is 5.26. The fraction of sp³-hybridized carbons (Fsp3) is 0.258. The average molecular weight is 541 g/mol. The molecule has 2 atom stereocenters. The lowest BCUT2D eigenvalue weighted by atomic mass is 9.96. The molecule has 2 aromatic heterocycles. The van der Waals surface area contributed by atoms with Crippen LogP contribution in [-0.4, -0.2) is 33.8 Å². The van der Waals surface area contributed by atoms with E-state index in [0.717, 1.165) is 39.8 Å². The lowest BCUT2D eigenvalue weighted by Gasteiger charge is -2.28. The van der Waals surface area contributed by atoms with Crippen LogP contribution in [0.5, 0.6) is 5.75 Å². The van der Waals surface area contributed by atoms with Crippen molar-refractivity contribution in [2.75, 3.05) is 12.0 Å². The zero-order valence-corrected chi connectivity index (χ0v) is 23.5. The molecule has 3 heterocycles. The van der Waals surface area contributed by atoms with Crippen molar-refractivity contribution in [1.29, 1.82) is 0 Å². The first kappa shape index (κ1) is 26.4. The second-order valence-corrected chi connectivity index (χ2v) is 10.2. The van der Waals surface area contributed by atoms with Crippen LogP contribution < -0.4 is 15.0 Å². The average Bonchev–Trinajstić information content (AvgIpc) is 3.43. The summed E-state index contributed by atoms with van der Waals surface area (Å²) in [5.41, 5.74) is 6.66. The Balaban J connectivity index is 1.59. The van der Waals surface area contributed by atoms with E-state index in [-0.39, 0.29) is 24.2 Å². The number of aryl methyl sites for hydroxylation is 1. The highest BCUT2D eigenvalue weighted by atomic mass is 32.1. The van der Waals surface area contributed by atoms with E-state index in [1.54, 1.807) is 12.1 Å². The van der Waals surface area contributed by atoms with Crippen LogP contribution in [0.4, 0.5) is 5.69 Å². The van der Waals surface area contributed by atoms with Gasteiger partial charge >= 0.3 is 5.97 Å². The number of rotatable bonds is 7. The van der Waals surface area contributed by atoms with Crippen LogP contribution in [0.15, 0.2) is 79.0 Å². The quantitative estimate of drug-likeness (QED) is 0.220. The summed E-state index contributed by atoms with van der Waals surface area (Å²) >= 11 is 5.91. The van der Waals surface area contributed by atoms with Gasteiger partial charge in [-0.1, -0.05) is 6.07 Å². The number of esters is 1. The number of nitrogens with zero attached hydrogens (tertiary/aromatic N) is 3. The van der Waals surface area contributed by atoms with Crippen LogP contribution in [0.3, 0.4) is 0 Å². The number of carbonyl (C=O) groups excluding carboxylic acids is 1. The van der Waals surface area contributed by atoms with Crippen molar-refractivity contribution in [2.45, 2.75) is 45.9 Å². The monoisotopic (exact) mass is 540 g/mol. The maximum absolute atomic E-state index is 12.0. The molecular formula is C31H32N4O3S. The Morgan fingerprint density at radius 2 is 1.69 bits per heavy atom. The topological polar surface area (TPSA) is 68.6 Å². The molecule has 1 aliphatic heterocycles. The lowest BCUT2D eigenvalue weighted by molar-refractivity contribution is 0.0600. The number of hydrogen-bond acceptors (Lipinski definition) is 5. The van der Waals surface area contributed by atoms with Crippen LogP contribution in [-0.2, 0) is 4.74 Å². The third-order valence-corrected chi connectivity index (χ3v) is 7.23. The van der Waals surface area contributed by atoms with E-state index in [1.807, 2.05) is 74.6 Å². The summed E-state index contributed by atoms with van der Waals surface area (Å²) in [6.07, 6.45) is 1.91. The molecule has 1 N–H and O–H groups in total. The number of methoxy groups -OCH3 is 1. The van der Waals surface area contributed by atoms with Crippen molar-refractivity contribution >= 4 is 29.0 Å². The Kier molecular flexibility index (Phi) is 7.39. The van der Waals surface area contributed by atoms with E-state index < -0.39 is 0 Å². The summed E-state index contributed by atoms with van der Waals surface area (Å²) in [7, 11) is 1.39. The Labute approximate surface area is 234 Å². The molecule has 0 saturated carbocycles. The minimum atomic E-state index is -0.354. The van der Waals surface area contributed by atoms with Gasteiger partial charge in [-0.3, -0.25) is 4.98 Å². The molecule has 7 nitrogen and oxygen atoms in total. The summed E-state index contributed by atoms with van der Waals surface area (Å²) in [5, 5.41) is 4.18. The van der Waals surface area contributed by atoms with E-state index in [4.69, 9.17) is 21.7 Å². The van der Waals surface area contributed by atoms with Crippen molar-refractivity contribution in [3.8, 4) is 11.4 Å². The number of aromatic nitrogens is 2. The third-order valence-electron chi connectivity index (χ3n) is 6.92. The zero-order chi connectivity index (χ0) is 27.7. The fourth-order valence-corrected chi connectivity index (χ4v) is 5.60. The SMILES string of the molecule is COC(=O)c1ccc(-n2c(C)cc([C@@H]3[C@H](c4ccccn4)NC(=S)N3c3ccc(OC(C)C)cc3)c2C)cc1. The molecule has 1 fully saturated rings. The highest BCUT2D eigenvalue weighted by molar-refractivity contribution is 7.80. The maximum Gasteiger partial charge on any atom is 0.337 e. The van der Waals surface area contributed by atoms with Gasteiger partial charge in [-0.15, -0.1) is 0 Å². The molecule has 1 aliphatic rings. The molecule has 0 aliphatic carbocycles. The third kappa shape index (κ3) is 5.12. The number of nitrogens with one attached hydrogen (secondary N) is 1. The molecule has 0 bridgehead atoms. The van der Waals surface area contributed by atoms with Crippen molar-refractivity contribution in [3.63, 3.8) is 0 Å². The standard InChI is InChI=1S/C31H32N4O3S/c1-19(2)38-25-15-13-24(14-16-25)35-29(28(33-31(35)39)27-8-6-7-17-32-27)26-18-20(3)34(21(26)4)23-11-9-22(10-12-23)30(36)37-5/h6-19,28-29H,1-5H3,(H,33,39)/t28-,29+/m0/s1. The van der Waals surface area contributed by atoms with E-state index in [1.165, 1.54) is 7.11 Å². The molecule has 1 saturated heterocycles. The van der Waals surface area contributed by atoms with Crippen LogP contribution >= 0.6 is 12.2 Å². The summed E-state index contributed by atoms with van der Waals surface area (Å²) < 4.78 is 12.9. The predicted octanol–water partition coefficient (Wildman–Crippen LogP) is 6.24. The summed E-state index contributed by atoms with van der Waals surface area (Å²) in [6.45, 7) is 8.23. The lowest BCUT2D eigenvalue weighted by Crippen LogP contribution is -2.29. The Morgan fingerprint density at radius 3 is 2.31 bits per heavy atom. The molecule has 0 amide bonds. The summed E-state index contributed by atoms with van der Waals surface area (Å²) in [4.78, 5) is 18.8. The molecule has 8 heteroatoms. The van der Waals surface area contributed by atoms with E-state index in [2.05, 4.69) is 39.7 Å². The number of thiocarbonyl (C=S) groups is 1. The van der Waals surface area contributed by atoms with Crippen LogP contribution in [0.2, 0.25) is 0 Å². The highest BCUT2D eigenvalue weighted by Crippen LogP contribution is 2.44. The highest BCUT2D eigenvalue weighted by Gasteiger charge is 2.42. The van der Waals surface area contributed by atoms with Gasteiger partial charge in [-0.2, -0.15) is 0 Å². The number of hydrogen-bond donors (Lipinski definition) is 1. The number of pyridine rings is 1. The molecule has 2 aromatic carbocycles. The van der Waals surface area contributed by atoms with Gasteiger partial charge in [0, 0.05) is 29.0 Å². The van der Waals surface area contributed by atoms with Gasteiger partial charge in [0.2, 0.25) is 0 Å². The molecule has 0 spiro atoms. The minimum absolute atomic E-state index is 0.0961. The van der Waals surface area contributed by atoms with Gasteiger partial charge in [-0.25, -0.2) is 4.79 Å². The van der Waals surface area contributed by atoms with Crippen molar-refractivity contribution in [1.82, 2.24) is 14.9 Å². The number of benzene rings is 2. The zero-order valence-electron chi connectivity index (χ0n) is 22.7. The largest absolute Gasteiger partial charge is 0.491 e. The number of anilines is 1. The Morgan fingerprint density at radius 1 is 1.00 bits per heavy atom. The normalized spacial score (nSPS) is 16.9. The van der Waals surface area contributed by atoms with Gasteiger partial charge in [-0.05, 0) is 112 Å². The molecule has 0 radical (unpaired) electrons. The Bertz CT molecular complexity index is 1480. The van der Waals surface area contributed by atoms with Gasteiger partial charge in [0.05, 0.1) is 36.6 Å². The first-order chi connectivity index (χ1) is 18.8. The predicted molar refractivity (Wildman–Crippen MR) is 157 cm³/mol. The van der Waals surface area contributed by atoms with E-state index in [9.17, 15) is 4.79 Å². The second kappa shape index (κ2) is 10.9. The van der Waals surface area contributed by atoms with Crippen LogP contribution in [0, 0.1) is 13.8 Å². The minimum Gasteiger partial charge on any atom is -0.491 e. The second-order valence-electron chi connectivity index (χ2n) is 9.86. The van der Waals surface area contributed by atoms with E-state index >= 15 is 0 Å². The smallest absolute Gasteiger partial charge is 0.337 e. The van der Waals surface area contributed by atoms with Crippen molar-refractivity contribution in [3.05, 3.63) is 107 Å². The molecule has 4 aromatic rings. The van der Waals surface area contributed by atoms with E-state index in [0.29, 0.717) is 10.7 Å². The van der Waals surface area contributed by atoms with Crippen molar-refractivity contribution < 1.29 is 14.3 Å². The molecule has 200 valence electrons. The van der Waals surface area contributed by atoms with Gasteiger partial charge in [0.25, 0.3) is 0 Å². The van der Waals surface area contributed by atoms with Gasteiger partial charge in [0.15, 0.2) is 5.11 Å². The molecule has 39 heavy (non-hydrogen) atoms. The first-order valence-corrected chi connectivity index (χ1v) is 13.3. The number of carbonyl (C=O) groups is 1. The van der Waals surface area contributed by atoms with Crippen molar-refractivity contribution in [2.24, 2.45) is 0 Å². The molecule has 5 rings (SSSR count). The molecule has 0 unspecified atom stereocenters. The Hall–Kier alpha value is -4.17.